The van der Waals surface area contributed by atoms with Crippen molar-refractivity contribution in [1.29, 1.82) is 0 Å². The summed E-state index contributed by atoms with van der Waals surface area (Å²) in [5.41, 5.74) is 0.959. The monoisotopic (exact) mass is 237 g/mol. The van der Waals surface area contributed by atoms with Crippen molar-refractivity contribution in [2.75, 3.05) is 6.54 Å². The molecule has 2 rings (SSSR count). The molecule has 1 aliphatic carbocycles. The number of halogens is 1. The standard InChI is InChI=1S/C14H20FNO/c1-9-6-10(2)13(12(15)7-9)14(3,17)8-16-11-4-5-11/h6-7,11,16-17H,4-5,8H2,1-3H3. The van der Waals surface area contributed by atoms with Crippen molar-refractivity contribution in [3.63, 3.8) is 0 Å². The first-order chi connectivity index (χ1) is 7.90. The topological polar surface area (TPSA) is 32.3 Å². The fourth-order valence-electron chi connectivity index (χ4n) is 2.32. The van der Waals surface area contributed by atoms with Gasteiger partial charge in [0.1, 0.15) is 11.4 Å². The summed E-state index contributed by atoms with van der Waals surface area (Å²) in [5, 5.41) is 13.7. The lowest BCUT2D eigenvalue weighted by atomic mass is 9.90. The third-order valence-electron chi connectivity index (χ3n) is 3.28. The number of aliphatic hydroxyl groups is 1. The maximum Gasteiger partial charge on any atom is 0.129 e. The highest BCUT2D eigenvalue weighted by atomic mass is 19.1. The second kappa shape index (κ2) is 4.39. The van der Waals surface area contributed by atoms with Gasteiger partial charge in [0.2, 0.25) is 0 Å². The minimum absolute atomic E-state index is 0.315. The molecule has 17 heavy (non-hydrogen) atoms. The Labute approximate surface area is 102 Å². The van der Waals surface area contributed by atoms with Gasteiger partial charge in [0.25, 0.3) is 0 Å². The van der Waals surface area contributed by atoms with Gasteiger partial charge < -0.3 is 10.4 Å². The molecule has 0 spiro atoms. The molecule has 0 saturated heterocycles. The molecule has 0 aliphatic heterocycles. The van der Waals surface area contributed by atoms with Crippen molar-refractivity contribution in [1.82, 2.24) is 5.32 Å². The molecule has 2 nitrogen and oxygen atoms in total. The Hall–Kier alpha value is -0.930. The Kier molecular flexibility index (Phi) is 3.23. The molecule has 2 N–H and O–H groups in total. The molecule has 1 aliphatic rings. The zero-order chi connectivity index (χ0) is 12.6. The van der Waals surface area contributed by atoms with E-state index in [9.17, 15) is 9.50 Å². The first-order valence-corrected chi connectivity index (χ1v) is 6.13. The van der Waals surface area contributed by atoms with E-state index >= 15 is 0 Å². The summed E-state index contributed by atoms with van der Waals surface area (Å²) in [7, 11) is 0. The van der Waals surface area contributed by atoms with E-state index in [1.54, 1.807) is 6.92 Å². The van der Waals surface area contributed by atoms with Crippen LogP contribution in [0.1, 0.15) is 36.5 Å². The highest BCUT2D eigenvalue weighted by Gasteiger charge is 2.31. The van der Waals surface area contributed by atoms with E-state index < -0.39 is 5.60 Å². The van der Waals surface area contributed by atoms with Crippen LogP contribution in [0.5, 0.6) is 0 Å². The van der Waals surface area contributed by atoms with Crippen LogP contribution in [0.25, 0.3) is 0 Å². The SMILES string of the molecule is Cc1cc(C)c(C(C)(O)CNC2CC2)c(F)c1. The van der Waals surface area contributed by atoms with Crippen LogP contribution in [0.15, 0.2) is 12.1 Å². The van der Waals surface area contributed by atoms with Crippen LogP contribution >= 0.6 is 0 Å². The Morgan fingerprint density at radius 3 is 2.59 bits per heavy atom. The Balaban J connectivity index is 2.23. The van der Waals surface area contributed by atoms with Crippen molar-refractivity contribution in [2.24, 2.45) is 0 Å². The van der Waals surface area contributed by atoms with E-state index in [0.717, 1.165) is 24.0 Å². The molecule has 0 heterocycles. The first kappa shape index (κ1) is 12.5. The van der Waals surface area contributed by atoms with Crippen LogP contribution in [-0.4, -0.2) is 17.7 Å². The molecule has 1 unspecified atom stereocenters. The molecule has 1 atom stereocenters. The van der Waals surface area contributed by atoms with Gasteiger partial charge in [-0.3, -0.25) is 0 Å². The zero-order valence-corrected chi connectivity index (χ0v) is 10.7. The van der Waals surface area contributed by atoms with Gasteiger partial charge in [-0.25, -0.2) is 4.39 Å². The summed E-state index contributed by atoms with van der Waals surface area (Å²) >= 11 is 0. The van der Waals surface area contributed by atoms with Gasteiger partial charge in [0.05, 0.1) is 0 Å². The summed E-state index contributed by atoms with van der Waals surface area (Å²) in [4.78, 5) is 0. The molecule has 1 saturated carbocycles. The zero-order valence-electron chi connectivity index (χ0n) is 10.7. The van der Waals surface area contributed by atoms with Gasteiger partial charge in [0.15, 0.2) is 0 Å². The van der Waals surface area contributed by atoms with E-state index in [2.05, 4.69) is 5.32 Å². The molecule has 0 bridgehead atoms. The summed E-state index contributed by atoms with van der Waals surface area (Å²) in [6.07, 6.45) is 2.32. The number of rotatable bonds is 4. The Bertz CT molecular complexity index is 401. The molecular weight excluding hydrogens is 217 g/mol. The van der Waals surface area contributed by atoms with Gasteiger partial charge in [-0.1, -0.05) is 6.07 Å². The third kappa shape index (κ3) is 2.85. The van der Waals surface area contributed by atoms with Gasteiger partial charge in [-0.15, -0.1) is 0 Å². The Morgan fingerprint density at radius 2 is 2.06 bits per heavy atom. The van der Waals surface area contributed by atoms with Gasteiger partial charge in [0, 0.05) is 18.2 Å². The summed E-state index contributed by atoms with van der Waals surface area (Å²) in [6.45, 7) is 5.77. The summed E-state index contributed by atoms with van der Waals surface area (Å²) in [6, 6.07) is 3.90. The molecule has 0 amide bonds. The number of benzene rings is 1. The van der Waals surface area contributed by atoms with E-state index in [-0.39, 0.29) is 5.82 Å². The minimum atomic E-state index is -1.15. The van der Waals surface area contributed by atoms with Crippen LogP contribution in [0.4, 0.5) is 4.39 Å². The van der Waals surface area contributed by atoms with E-state index in [1.807, 2.05) is 19.9 Å². The average Bonchev–Trinajstić information content (AvgIpc) is 2.95. The third-order valence-corrected chi connectivity index (χ3v) is 3.28. The van der Waals surface area contributed by atoms with Crippen molar-refractivity contribution in [3.05, 3.63) is 34.6 Å². The van der Waals surface area contributed by atoms with Crippen LogP contribution in [0, 0.1) is 19.7 Å². The summed E-state index contributed by atoms with van der Waals surface area (Å²) in [5.74, 6) is -0.315. The number of nitrogens with one attached hydrogen (secondary N) is 1. The fourth-order valence-corrected chi connectivity index (χ4v) is 2.32. The normalized spacial score (nSPS) is 19.1. The van der Waals surface area contributed by atoms with Crippen LogP contribution in [-0.2, 0) is 5.60 Å². The molecular formula is C14H20FNO. The lowest BCUT2D eigenvalue weighted by Crippen LogP contribution is -2.37. The predicted molar refractivity (Wildman–Crippen MR) is 66.5 cm³/mol. The van der Waals surface area contributed by atoms with E-state index in [4.69, 9.17) is 0 Å². The first-order valence-electron chi connectivity index (χ1n) is 6.13. The van der Waals surface area contributed by atoms with Gasteiger partial charge >= 0.3 is 0 Å². The molecule has 94 valence electrons. The molecule has 1 fully saturated rings. The van der Waals surface area contributed by atoms with Crippen LogP contribution in [0.2, 0.25) is 0 Å². The second-order valence-electron chi connectivity index (χ2n) is 5.37. The van der Waals surface area contributed by atoms with Crippen molar-refractivity contribution in [2.45, 2.75) is 45.3 Å². The van der Waals surface area contributed by atoms with Crippen molar-refractivity contribution < 1.29 is 9.50 Å². The molecule has 1 aromatic carbocycles. The molecule has 1 aromatic rings. The van der Waals surface area contributed by atoms with Gasteiger partial charge in [-0.05, 0) is 50.8 Å². The van der Waals surface area contributed by atoms with Crippen molar-refractivity contribution in [3.8, 4) is 0 Å². The molecule has 0 radical (unpaired) electrons. The van der Waals surface area contributed by atoms with Crippen LogP contribution < -0.4 is 5.32 Å². The van der Waals surface area contributed by atoms with Gasteiger partial charge in [-0.2, -0.15) is 0 Å². The van der Waals surface area contributed by atoms with Crippen LogP contribution in [0.3, 0.4) is 0 Å². The minimum Gasteiger partial charge on any atom is -0.384 e. The van der Waals surface area contributed by atoms with E-state index in [0.29, 0.717) is 18.2 Å². The predicted octanol–water partition coefficient (Wildman–Crippen LogP) is 2.40. The molecule has 3 heteroatoms. The highest BCUT2D eigenvalue weighted by Crippen LogP contribution is 2.29. The maximum atomic E-state index is 14.0. The largest absolute Gasteiger partial charge is 0.384 e. The Morgan fingerprint density at radius 1 is 1.41 bits per heavy atom. The lowest BCUT2D eigenvalue weighted by Gasteiger charge is -2.27. The van der Waals surface area contributed by atoms with Crippen molar-refractivity contribution >= 4 is 0 Å². The smallest absolute Gasteiger partial charge is 0.129 e. The second-order valence-corrected chi connectivity index (χ2v) is 5.37. The number of hydrogen-bond donors (Lipinski definition) is 2. The lowest BCUT2D eigenvalue weighted by molar-refractivity contribution is 0.0522. The summed E-state index contributed by atoms with van der Waals surface area (Å²) < 4.78 is 14.0. The maximum absolute atomic E-state index is 14.0. The van der Waals surface area contributed by atoms with E-state index in [1.165, 1.54) is 6.07 Å². The quantitative estimate of drug-likeness (QED) is 0.843. The highest BCUT2D eigenvalue weighted by molar-refractivity contribution is 5.36. The molecule has 0 aromatic heterocycles. The fraction of sp³-hybridized carbons (Fsp3) is 0.571. The number of aryl methyl sites for hydroxylation is 2. The average molecular weight is 237 g/mol. The number of hydrogen-bond acceptors (Lipinski definition) is 2.